The number of halogens is 2. The predicted molar refractivity (Wildman–Crippen MR) is 105 cm³/mol. The van der Waals surface area contributed by atoms with Crippen molar-refractivity contribution >= 4 is 6.16 Å². The third kappa shape index (κ3) is 5.05. The van der Waals surface area contributed by atoms with Gasteiger partial charge in [0, 0.05) is 17.5 Å². The van der Waals surface area contributed by atoms with Crippen molar-refractivity contribution in [2.75, 3.05) is 13.2 Å². The second kappa shape index (κ2) is 9.22. The van der Waals surface area contributed by atoms with E-state index < -0.39 is 23.4 Å². The van der Waals surface area contributed by atoms with Crippen molar-refractivity contribution in [1.82, 2.24) is 14.8 Å². The lowest BCUT2D eigenvalue weighted by Gasteiger charge is -2.29. The van der Waals surface area contributed by atoms with Gasteiger partial charge in [0.15, 0.2) is 0 Å². The van der Waals surface area contributed by atoms with Crippen LogP contribution in [0, 0.1) is 17.6 Å². The van der Waals surface area contributed by atoms with Crippen LogP contribution in [-0.2, 0) is 33.0 Å². The Bertz CT molecular complexity index is 1020. The monoisotopic (exact) mass is 429 g/mol. The molecule has 0 spiro atoms. The molecule has 2 atom stereocenters. The van der Waals surface area contributed by atoms with E-state index in [1.54, 1.807) is 0 Å². The molecule has 1 aromatic heterocycles. The quantitative estimate of drug-likeness (QED) is 0.531. The maximum absolute atomic E-state index is 14.6. The lowest BCUT2D eigenvalue weighted by atomic mass is 9.87. The molecule has 1 saturated heterocycles. The molecule has 162 valence electrons. The van der Waals surface area contributed by atoms with Crippen molar-refractivity contribution in [3.63, 3.8) is 0 Å². The van der Waals surface area contributed by atoms with Crippen molar-refractivity contribution in [3.8, 4) is 0 Å². The average molecular weight is 429 g/mol. The smallest absolute Gasteiger partial charge is 0.434 e. The van der Waals surface area contributed by atoms with Gasteiger partial charge in [-0.15, -0.1) is 0 Å². The highest BCUT2D eigenvalue weighted by Crippen LogP contribution is 2.41. The number of carbonyl (C=O) groups excluding carboxylic acids is 1. The molecular weight excluding hydrogens is 408 g/mol. The maximum Gasteiger partial charge on any atom is 0.508 e. The van der Waals surface area contributed by atoms with Crippen molar-refractivity contribution in [2.45, 2.75) is 25.2 Å². The lowest BCUT2D eigenvalue weighted by Crippen LogP contribution is -2.32. The van der Waals surface area contributed by atoms with Crippen LogP contribution >= 0.6 is 0 Å². The molecule has 0 N–H and O–H groups in total. The van der Waals surface area contributed by atoms with Crippen LogP contribution in [0.1, 0.15) is 17.5 Å². The Hall–Kier alpha value is -3.33. The summed E-state index contributed by atoms with van der Waals surface area (Å²) in [6.45, 7) is 0.579. The Balaban J connectivity index is 1.40. The summed E-state index contributed by atoms with van der Waals surface area (Å²) in [5.41, 5.74) is -0.0196. The zero-order valence-corrected chi connectivity index (χ0v) is 16.6. The Morgan fingerprint density at radius 1 is 1.19 bits per heavy atom. The van der Waals surface area contributed by atoms with Gasteiger partial charge in [-0.1, -0.05) is 36.4 Å². The molecule has 0 unspecified atom stereocenters. The molecule has 0 amide bonds. The van der Waals surface area contributed by atoms with Crippen molar-refractivity contribution < 1.29 is 27.8 Å². The number of hydrogen-bond donors (Lipinski definition) is 0. The van der Waals surface area contributed by atoms with Crippen LogP contribution in [0.25, 0.3) is 0 Å². The van der Waals surface area contributed by atoms with Crippen molar-refractivity contribution in [3.05, 3.63) is 83.9 Å². The molecule has 0 radical (unpaired) electrons. The highest BCUT2D eigenvalue weighted by Gasteiger charge is 2.44. The van der Waals surface area contributed by atoms with Crippen LogP contribution in [0.2, 0.25) is 0 Å². The SMILES string of the molecule is O=C(OCc1ccccc1)OC[C@@H]1CO[C@@](Cn2cncn2)(c2ccc(F)cc2F)C1. The van der Waals surface area contributed by atoms with Gasteiger partial charge < -0.3 is 14.2 Å². The molecule has 1 aliphatic heterocycles. The van der Waals surface area contributed by atoms with E-state index in [-0.39, 0.29) is 37.8 Å². The fraction of sp³-hybridized carbons (Fsp3) is 0.318. The summed E-state index contributed by atoms with van der Waals surface area (Å²) < 4.78 is 45.9. The average Bonchev–Trinajstić information content (AvgIpc) is 3.42. The van der Waals surface area contributed by atoms with E-state index in [0.717, 1.165) is 11.6 Å². The largest absolute Gasteiger partial charge is 0.508 e. The zero-order chi connectivity index (χ0) is 21.7. The standard InChI is InChI=1S/C22H21F2N3O4/c23-18-6-7-19(20(24)8-18)22(13-27-15-25-14-26-27)9-17(12-31-22)11-30-21(28)29-10-16-4-2-1-3-5-16/h1-8,14-15,17H,9-13H2/t17-,22+/m1/s1. The minimum absolute atomic E-state index is 0.0511. The van der Waals surface area contributed by atoms with Gasteiger partial charge in [0.05, 0.1) is 13.2 Å². The van der Waals surface area contributed by atoms with Gasteiger partial charge in [0.25, 0.3) is 0 Å². The summed E-state index contributed by atoms with van der Waals surface area (Å²) >= 11 is 0. The number of nitrogens with zero attached hydrogens (tertiary/aromatic N) is 3. The summed E-state index contributed by atoms with van der Waals surface area (Å²) in [6, 6.07) is 12.6. The molecule has 1 fully saturated rings. The Morgan fingerprint density at radius 3 is 2.77 bits per heavy atom. The predicted octanol–water partition coefficient (Wildman–Crippen LogP) is 3.84. The van der Waals surface area contributed by atoms with Crippen LogP contribution < -0.4 is 0 Å². The van der Waals surface area contributed by atoms with Gasteiger partial charge in [-0.2, -0.15) is 5.10 Å². The number of carbonyl (C=O) groups is 1. The van der Waals surface area contributed by atoms with Crippen molar-refractivity contribution in [1.29, 1.82) is 0 Å². The maximum atomic E-state index is 14.6. The third-order valence-corrected chi connectivity index (χ3v) is 5.16. The van der Waals surface area contributed by atoms with Gasteiger partial charge in [-0.05, 0) is 18.1 Å². The second-order valence-electron chi connectivity index (χ2n) is 7.43. The second-order valence-corrected chi connectivity index (χ2v) is 7.43. The Kier molecular flexibility index (Phi) is 6.22. The molecule has 0 aliphatic carbocycles. The number of aromatic nitrogens is 3. The number of rotatable bonds is 7. The molecule has 1 aliphatic rings. The van der Waals surface area contributed by atoms with Gasteiger partial charge in [0.1, 0.15) is 43.1 Å². The van der Waals surface area contributed by atoms with Gasteiger partial charge >= 0.3 is 6.16 Å². The van der Waals surface area contributed by atoms with E-state index in [1.807, 2.05) is 30.3 Å². The first-order valence-electron chi connectivity index (χ1n) is 9.79. The molecule has 0 saturated carbocycles. The molecular formula is C22H21F2N3O4. The fourth-order valence-corrected chi connectivity index (χ4v) is 3.73. The summed E-state index contributed by atoms with van der Waals surface area (Å²) in [4.78, 5) is 15.8. The van der Waals surface area contributed by atoms with E-state index in [4.69, 9.17) is 14.2 Å². The number of hydrogen-bond acceptors (Lipinski definition) is 6. The van der Waals surface area contributed by atoms with E-state index in [2.05, 4.69) is 10.1 Å². The zero-order valence-electron chi connectivity index (χ0n) is 16.6. The van der Waals surface area contributed by atoms with Crippen LogP contribution in [-0.4, -0.2) is 34.1 Å². The van der Waals surface area contributed by atoms with Gasteiger partial charge in [-0.3, -0.25) is 0 Å². The first-order valence-corrected chi connectivity index (χ1v) is 9.79. The van der Waals surface area contributed by atoms with E-state index >= 15 is 0 Å². The van der Waals surface area contributed by atoms with E-state index in [1.165, 1.54) is 29.5 Å². The van der Waals surface area contributed by atoms with Crippen molar-refractivity contribution in [2.24, 2.45) is 5.92 Å². The van der Waals surface area contributed by atoms with Crippen LogP contribution in [0.4, 0.5) is 13.6 Å². The third-order valence-electron chi connectivity index (χ3n) is 5.16. The van der Waals surface area contributed by atoms with Crippen LogP contribution in [0.15, 0.2) is 61.2 Å². The molecule has 2 aromatic carbocycles. The first-order chi connectivity index (χ1) is 15.0. The minimum Gasteiger partial charge on any atom is -0.434 e. The molecule has 3 aromatic rings. The Morgan fingerprint density at radius 2 is 2.03 bits per heavy atom. The minimum atomic E-state index is -1.09. The number of ether oxygens (including phenoxy) is 3. The molecule has 31 heavy (non-hydrogen) atoms. The Labute approximate surface area is 177 Å². The fourth-order valence-electron chi connectivity index (χ4n) is 3.73. The molecule has 0 bridgehead atoms. The first kappa shape index (κ1) is 20.9. The molecule has 9 heteroatoms. The molecule has 7 nitrogen and oxygen atoms in total. The molecule has 2 heterocycles. The highest BCUT2D eigenvalue weighted by atomic mass is 19.1. The molecule has 4 rings (SSSR count). The normalized spacial score (nSPS) is 20.5. The summed E-state index contributed by atoms with van der Waals surface area (Å²) in [5, 5.41) is 4.07. The van der Waals surface area contributed by atoms with E-state index in [9.17, 15) is 13.6 Å². The lowest BCUT2D eigenvalue weighted by molar-refractivity contribution is -0.0211. The van der Waals surface area contributed by atoms with E-state index in [0.29, 0.717) is 6.42 Å². The summed E-state index contributed by atoms with van der Waals surface area (Å²) in [7, 11) is 0. The van der Waals surface area contributed by atoms with Crippen LogP contribution in [0.5, 0.6) is 0 Å². The van der Waals surface area contributed by atoms with Crippen LogP contribution in [0.3, 0.4) is 0 Å². The highest BCUT2D eigenvalue weighted by molar-refractivity contribution is 5.59. The van der Waals surface area contributed by atoms with Gasteiger partial charge in [-0.25, -0.2) is 23.2 Å². The van der Waals surface area contributed by atoms with Gasteiger partial charge in [0.2, 0.25) is 0 Å². The number of benzene rings is 2. The summed E-state index contributed by atoms with van der Waals surface area (Å²) in [5.74, 6) is -1.57. The topological polar surface area (TPSA) is 75.5 Å². The summed E-state index contributed by atoms with van der Waals surface area (Å²) in [6.07, 6.45) is 2.43.